The summed E-state index contributed by atoms with van der Waals surface area (Å²) < 4.78 is 5.29. The zero-order valence-electron chi connectivity index (χ0n) is 13.1. The molecule has 21 heavy (non-hydrogen) atoms. The van der Waals surface area contributed by atoms with E-state index in [1.165, 1.54) is 31.2 Å². The van der Waals surface area contributed by atoms with E-state index in [2.05, 4.69) is 22.1 Å². The van der Waals surface area contributed by atoms with Gasteiger partial charge in [0.05, 0.1) is 6.61 Å². The Balaban J connectivity index is 1.62. The third kappa shape index (κ3) is 3.92. The number of aryl methyl sites for hydroxylation is 1. The van der Waals surface area contributed by atoms with Crippen molar-refractivity contribution in [3.05, 3.63) is 17.5 Å². The monoisotopic (exact) mass is 290 g/mol. The number of piperidine rings is 1. The predicted molar refractivity (Wildman–Crippen MR) is 83.4 cm³/mol. The first kappa shape index (κ1) is 14.7. The van der Waals surface area contributed by atoms with Crippen LogP contribution in [0.5, 0.6) is 0 Å². The normalized spacial score (nSPS) is 22.6. The average molecular weight is 290 g/mol. The van der Waals surface area contributed by atoms with Gasteiger partial charge in [0.2, 0.25) is 5.95 Å². The van der Waals surface area contributed by atoms with Crippen LogP contribution in [0.4, 0.5) is 5.95 Å². The van der Waals surface area contributed by atoms with Gasteiger partial charge in [0, 0.05) is 50.2 Å². The molecule has 1 saturated heterocycles. The van der Waals surface area contributed by atoms with Gasteiger partial charge in [-0.25, -0.2) is 9.97 Å². The van der Waals surface area contributed by atoms with Crippen molar-refractivity contribution in [2.75, 3.05) is 31.7 Å². The zero-order chi connectivity index (χ0) is 14.7. The molecule has 1 aromatic rings. The molecule has 2 fully saturated rings. The lowest BCUT2D eigenvalue weighted by molar-refractivity contribution is 0.143. The Hall–Kier alpha value is -1.20. The Morgan fingerprint density at radius 2 is 2.24 bits per heavy atom. The maximum atomic E-state index is 5.29. The SMILES string of the molecule is COCC1CCCN(c2ncc(CNC3CC3)c(C)n2)C1. The summed E-state index contributed by atoms with van der Waals surface area (Å²) in [5.41, 5.74) is 2.32. The van der Waals surface area contributed by atoms with Crippen LogP contribution in [-0.2, 0) is 11.3 Å². The fourth-order valence-corrected chi connectivity index (χ4v) is 2.97. The van der Waals surface area contributed by atoms with Gasteiger partial charge in [-0.15, -0.1) is 0 Å². The Morgan fingerprint density at radius 1 is 1.38 bits per heavy atom. The molecule has 2 aliphatic rings. The molecular weight excluding hydrogens is 264 g/mol. The van der Waals surface area contributed by atoms with Crippen molar-refractivity contribution in [1.29, 1.82) is 0 Å². The van der Waals surface area contributed by atoms with Crippen molar-refractivity contribution in [3.63, 3.8) is 0 Å². The first-order chi connectivity index (χ1) is 10.3. The Morgan fingerprint density at radius 3 is 2.95 bits per heavy atom. The lowest BCUT2D eigenvalue weighted by atomic mass is 9.99. The number of nitrogens with zero attached hydrogens (tertiary/aromatic N) is 3. The third-order valence-electron chi connectivity index (χ3n) is 4.43. The highest BCUT2D eigenvalue weighted by Gasteiger charge is 2.23. The van der Waals surface area contributed by atoms with Gasteiger partial charge in [0.15, 0.2) is 0 Å². The van der Waals surface area contributed by atoms with Crippen LogP contribution >= 0.6 is 0 Å². The van der Waals surface area contributed by atoms with Crippen LogP contribution < -0.4 is 10.2 Å². The van der Waals surface area contributed by atoms with Crippen LogP contribution in [0.15, 0.2) is 6.20 Å². The van der Waals surface area contributed by atoms with E-state index in [1.54, 1.807) is 7.11 Å². The molecule has 0 bridgehead atoms. The van der Waals surface area contributed by atoms with E-state index in [9.17, 15) is 0 Å². The van der Waals surface area contributed by atoms with Crippen molar-refractivity contribution in [2.45, 2.75) is 45.2 Å². The molecule has 1 aliphatic carbocycles. The number of ether oxygens (including phenoxy) is 1. The largest absolute Gasteiger partial charge is 0.384 e. The van der Waals surface area contributed by atoms with Gasteiger partial charge in [0.1, 0.15) is 0 Å². The van der Waals surface area contributed by atoms with E-state index < -0.39 is 0 Å². The molecule has 2 heterocycles. The fourth-order valence-electron chi connectivity index (χ4n) is 2.97. The highest BCUT2D eigenvalue weighted by atomic mass is 16.5. The zero-order valence-corrected chi connectivity index (χ0v) is 13.1. The molecule has 0 aromatic carbocycles. The van der Waals surface area contributed by atoms with Gasteiger partial charge in [-0.2, -0.15) is 0 Å². The third-order valence-corrected chi connectivity index (χ3v) is 4.43. The summed E-state index contributed by atoms with van der Waals surface area (Å²) in [4.78, 5) is 11.6. The van der Waals surface area contributed by atoms with E-state index in [4.69, 9.17) is 9.72 Å². The van der Waals surface area contributed by atoms with Crippen molar-refractivity contribution in [2.24, 2.45) is 5.92 Å². The number of methoxy groups -OCH3 is 1. The summed E-state index contributed by atoms with van der Waals surface area (Å²) in [5, 5.41) is 3.53. The Labute approximate surface area is 127 Å². The predicted octanol–water partition coefficient (Wildman–Crippen LogP) is 1.90. The second kappa shape index (κ2) is 6.71. The lowest BCUT2D eigenvalue weighted by Gasteiger charge is -2.32. The van der Waals surface area contributed by atoms with Gasteiger partial charge in [-0.3, -0.25) is 0 Å². The summed E-state index contributed by atoms with van der Waals surface area (Å²) >= 11 is 0. The lowest BCUT2D eigenvalue weighted by Crippen LogP contribution is -2.38. The molecular formula is C16H26N4O. The van der Waals surface area contributed by atoms with Crippen LogP contribution in [0.25, 0.3) is 0 Å². The molecule has 1 aromatic heterocycles. The standard InChI is InChI=1S/C16H26N4O/c1-12-14(8-17-15-5-6-15)9-18-16(19-12)20-7-3-4-13(10-20)11-21-2/h9,13,15,17H,3-8,10-11H2,1-2H3. The first-order valence-corrected chi connectivity index (χ1v) is 8.06. The van der Waals surface area contributed by atoms with Crippen LogP contribution in [0.3, 0.4) is 0 Å². The van der Waals surface area contributed by atoms with E-state index in [-0.39, 0.29) is 0 Å². The molecule has 1 aliphatic heterocycles. The number of hydrogen-bond acceptors (Lipinski definition) is 5. The maximum absolute atomic E-state index is 5.29. The van der Waals surface area contributed by atoms with Crippen molar-refractivity contribution < 1.29 is 4.74 Å². The molecule has 0 spiro atoms. The van der Waals surface area contributed by atoms with E-state index >= 15 is 0 Å². The van der Waals surface area contributed by atoms with Gasteiger partial charge in [-0.1, -0.05) is 0 Å². The highest BCUT2D eigenvalue weighted by Crippen LogP contribution is 2.22. The summed E-state index contributed by atoms with van der Waals surface area (Å²) in [6, 6.07) is 0.723. The topological polar surface area (TPSA) is 50.3 Å². The van der Waals surface area contributed by atoms with Gasteiger partial charge in [0.25, 0.3) is 0 Å². The Kier molecular flexibility index (Phi) is 4.70. The molecule has 0 amide bonds. The number of anilines is 1. The van der Waals surface area contributed by atoms with E-state index in [1.807, 2.05) is 6.20 Å². The number of hydrogen-bond donors (Lipinski definition) is 1. The van der Waals surface area contributed by atoms with Crippen LogP contribution in [0, 0.1) is 12.8 Å². The van der Waals surface area contributed by atoms with Crippen LogP contribution in [0.2, 0.25) is 0 Å². The van der Waals surface area contributed by atoms with Gasteiger partial charge in [-0.05, 0) is 38.5 Å². The fraction of sp³-hybridized carbons (Fsp3) is 0.750. The first-order valence-electron chi connectivity index (χ1n) is 8.06. The van der Waals surface area contributed by atoms with Gasteiger partial charge >= 0.3 is 0 Å². The second-order valence-electron chi connectivity index (χ2n) is 6.35. The molecule has 5 nitrogen and oxygen atoms in total. The number of nitrogens with one attached hydrogen (secondary N) is 1. The molecule has 116 valence electrons. The minimum atomic E-state index is 0.601. The summed E-state index contributed by atoms with van der Waals surface area (Å²) in [5.74, 6) is 1.48. The van der Waals surface area contributed by atoms with Crippen molar-refractivity contribution in [3.8, 4) is 0 Å². The Bertz CT molecular complexity index is 473. The second-order valence-corrected chi connectivity index (χ2v) is 6.35. The molecule has 1 unspecified atom stereocenters. The molecule has 3 rings (SSSR count). The van der Waals surface area contributed by atoms with E-state index in [0.717, 1.165) is 43.9 Å². The summed E-state index contributed by atoms with van der Waals surface area (Å²) in [6.07, 6.45) is 7.06. The molecule has 5 heteroatoms. The quantitative estimate of drug-likeness (QED) is 0.867. The average Bonchev–Trinajstić information content (AvgIpc) is 3.31. The molecule has 1 N–H and O–H groups in total. The van der Waals surface area contributed by atoms with Crippen molar-refractivity contribution in [1.82, 2.24) is 15.3 Å². The van der Waals surface area contributed by atoms with E-state index in [0.29, 0.717) is 5.92 Å². The van der Waals surface area contributed by atoms with Crippen LogP contribution in [-0.4, -0.2) is 42.8 Å². The maximum Gasteiger partial charge on any atom is 0.225 e. The minimum Gasteiger partial charge on any atom is -0.384 e. The van der Waals surface area contributed by atoms with Gasteiger partial charge < -0.3 is 15.0 Å². The highest BCUT2D eigenvalue weighted by molar-refractivity contribution is 5.33. The van der Waals surface area contributed by atoms with Crippen LogP contribution in [0.1, 0.15) is 36.9 Å². The van der Waals surface area contributed by atoms with Crippen molar-refractivity contribution >= 4 is 5.95 Å². The minimum absolute atomic E-state index is 0.601. The smallest absolute Gasteiger partial charge is 0.225 e. The summed E-state index contributed by atoms with van der Waals surface area (Å²) in [6.45, 7) is 5.87. The summed E-state index contributed by atoms with van der Waals surface area (Å²) in [7, 11) is 1.78. The number of aromatic nitrogens is 2. The molecule has 0 radical (unpaired) electrons. The molecule has 1 saturated carbocycles. The number of rotatable bonds is 6. The molecule has 1 atom stereocenters.